The fourth-order valence-corrected chi connectivity index (χ4v) is 3.62. The van der Waals surface area contributed by atoms with Crippen LogP contribution in [0.5, 0.6) is 0 Å². The van der Waals surface area contributed by atoms with Gasteiger partial charge in [-0.25, -0.2) is 4.79 Å². The molecule has 5 nitrogen and oxygen atoms in total. The molecule has 5 heteroatoms. The lowest BCUT2D eigenvalue weighted by atomic mass is 9.64. The number of rotatable bonds is 3. The fraction of sp³-hybridized carbons (Fsp3) is 0.944. The molecule has 1 amide bonds. The molecule has 0 bridgehead atoms. The molecule has 1 saturated carbocycles. The van der Waals surface area contributed by atoms with Gasteiger partial charge in [0, 0.05) is 37.7 Å². The van der Waals surface area contributed by atoms with E-state index < -0.39 is 5.60 Å². The molecule has 23 heavy (non-hydrogen) atoms. The third-order valence-electron chi connectivity index (χ3n) is 5.28. The number of hydrogen-bond donors (Lipinski definition) is 1. The predicted molar refractivity (Wildman–Crippen MR) is 91.6 cm³/mol. The maximum Gasteiger partial charge on any atom is 0.410 e. The van der Waals surface area contributed by atoms with Gasteiger partial charge in [-0.15, -0.1) is 0 Å². The topological polar surface area (TPSA) is 50.8 Å². The quantitative estimate of drug-likeness (QED) is 0.865. The van der Waals surface area contributed by atoms with Crippen molar-refractivity contribution in [3.63, 3.8) is 0 Å². The van der Waals surface area contributed by atoms with Crippen LogP contribution >= 0.6 is 0 Å². The summed E-state index contributed by atoms with van der Waals surface area (Å²) in [5.74, 6) is 0. The third kappa shape index (κ3) is 4.60. The zero-order valence-corrected chi connectivity index (χ0v) is 15.6. The van der Waals surface area contributed by atoms with E-state index in [1.54, 1.807) is 7.11 Å². The number of carbonyl (C=O) groups is 1. The van der Waals surface area contributed by atoms with Gasteiger partial charge in [-0.2, -0.15) is 0 Å². The van der Waals surface area contributed by atoms with E-state index in [9.17, 15) is 4.79 Å². The van der Waals surface area contributed by atoms with Gasteiger partial charge >= 0.3 is 6.09 Å². The van der Waals surface area contributed by atoms with Gasteiger partial charge in [0.1, 0.15) is 5.60 Å². The van der Waals surface area contributed by atoms with Crippen LogP contribution in [0.2, 0.25) is 0 Å². The summed E-state index contributed by atoms with van der Waals surface area (Å²) in [5, 5.41) is 3.80. The number of carbonyl (C=O) groups excluding carboxylic acids is 1. The van der Waals surface area contributed by atoms with E-state index in [0.717, 1.165) is 38.8 Å². The summed E-state index contributed by atoms with van der Waals surface area (Å²) in [5.41, 5.74) is -0.238. The second-order valence-electron chi connectivity index (χ2n) is 8.60. The van der Waals surface area contributed by atoms with Crippen LogP contribution in [0.4, 0.5) is 4.79 Å². The summed E-state index contributed by atoms with van der Waals surface area (Å²) in [6.45, 7) is 11.8. The predicted octanol–water partition coefficient (Wildman–Crippen LogP) is 3.18. The van der Waals surface area contributed by atoms with Crippen molar-refractivity contribution in [2.24, 2.45) is 5.41 Å². The number of likely N-dealkylation sites (tertiary alicyclic amines) is 1. The average molecular weight is 326 g/mol. The molecule has 3 atom stereocenters. The van der Waals surface area contributed by atoms with E-state index in [2.05, 4.69) is 19.2 Å². The van der Waals surface area contributed by atoms with Crippen molar-refractivity contribution < 1.29 is 14.3 Å². The Kier molecular flexibility index (Phi) is 5.62. The van der Waals surface area contributed by atoms with Crippen LogP contribution in [0.25, 0.3) is 0 Å². The van der Waals surface area contributed by atoms with Crippen LogP contribution in [0.15, 0.2) is 0 Å². The van der Waals surface area contributed by atoms with Gasteiger partial charge in [0.2, 0.25) is 0 Å². The Labute approximate surface area is 141 Å². The first-order valence-electron chi connectivity index (χ1n) is 8.90. The van der Waals surface area contributed by atoms with Crippen LogP contribution in [-0.4, -0.2) is 55.0 Å². The van der Waals surface area contributed by atoms with Gasteiger partial charge in [0.25, 0.3) is 0 Å². The highest BCUT2D eigenvalue weighted by molar-refractivity contribution is 5.68. The van der Waals surface area contributed by atoms with Gasteiger partial charge < -0.3 is 19.7 Å². The Morgan fingerprint density at radius 2 is 1.91 bits per heavy atom. The SMILES string of the molecule is COC1CC(NC2CCCN(C(=O)OC(C)(C)C)CC2)C1(C)C. The summed E-state index contributed by atoms with van der Waals surface area (Å²) in [7, 11) is 1.80. The Morgan fingerprint density at radius 1 is 1.22 bits per heavy atom. The second kappa shape index (κ2) is 6.98. The lowest BCUT2D eigenvalue weighted by molar-refractivity contribution is -0.100. The number of nitrogens with zero attached hydrogens (tertiary/aromatic N) is 1. The molecule has 2 aliphatic rings. The highest BCUT2D eigenvalue weighted by atomic mass is 16.6. The molecule has 0 aromatic heterocycles. The fourth-order valence-electron chi connectivity index (χ4n) is 3.62. The largest absolute Gasteiger partial charge is 0.444 e. The molecule has 134 valence electrons. The molecule has 1 N–H and O–H groups in total. The molecule has 0 aromatic rings. The third-order valence-corrected chi connectivity index (χ3v) is 5.28. The van der Waals surface area contributed by atoms with E-state index in [1.165, 1.54) is 0 Å². The van der Waals surface area contributed by atoms with Crippen molar-refractivity contribution in [2.75, 3.05) is 20.2 Å². The monoisotopic (exact) mass is 326 g/mol. The molecule has 2 rings (SSSR count). The van der Waals surface area contributed by atoms with Gasteiger partial charge in [0.05, 0.1) is 6.10 Å². The Hall–Kier alpha value is -0.810. The molecule has 0 radical (unpaired) electrons. The second-order valence-corrected chi connectivity index (χ2v) is 8.60. The van der Waals surface area contributed by atoms with Crippen molar-refractivity contribution >= 4 is 6.09 Å². The molecule has 3 unspecified atom stereocenters. The zero-order chi connectivity index (χ0) is 17.3. The molecular formula is C18H34N2O3. The van der Waals surface area contributed by atoms with Crippen LogP contribution in [0, 0.1) is 5.41 Å². The van der Waals surface area contributed by atoms with Gasteiger partial charge in [-0.05, 0) is 46.5 Å². The molecule has 0 spiro atoms. The average Bonchev–Trinajstić information content (AvgIpc) is 2.66. The van der Waals surface area contributed by atoms with Crippen molar-refractivity contribution in [1.82, 2.24) is 10.2 Å². The van der Waals surface area contributed by atoms with Crippen molar-refractivity contribution in [3.05, 3.63) is 0 Å². The van der Waals surface area contributed by atoms with Crippen molar-refractivity contribution in [1.29, 1.82) is 0 Å². The van der Waals surface area contributed by atoms with Gasteiger partial charge in [-0.3, -0.25) is 0 Å². The lowest BCUT2D eigenvalue weighted by Crippen LogP contribution is -2.62. The number of hydrogen-bond acceptors (Lipinski definition) is 4. The van der Waals surface area contributed by atoms with Crippen LogP contribution in [0.3, 0.4) is 0 Å². The van der Waals surface area contributed by atoms with E-state index >= 15 is 0 Å². The smallest absolute Gasteiger partial charge is 0.410 e. The zero-order valence-electron chi connectivity index (χ0n) is 15.6. The van der Waals surface area contributed by atoms with Crippen LogP contribution in [-0.2, 0) is 9.47 Å². The number of ether oxygens (including phenoxy) is 2. The molecule has 1 aliphatic carbocycles. The minimum absolute atomic E-state index is 0.179. The van der Waals surface area contributed by atoms with E-state index in [4.69, 9.17) is 9.47 Å². The number of nitrogens with one attached hydrogen (secondary N) is 1. The minimum atomic E-state index is -0.424. The minimum Gasteiger partial charge on any atom is -0.444 e. The maximum absolute atomic E-state index is 12.2. The van der Waals surface area contributed by atoms with E-state index in [1.807, 2.05) is 25.7 Å². The first kappa shape index (κ1) is 18.5. The Morgan fingerprint density at radius 3 is 2.48 bits per heavy atom. The molecule has 0 aromatic carbocycles. The van der Waals surface area contributed by atoms with E-state index in [0.29, 0.717) is 18.2 Å². The van der Waals surface area contributed by atoms with E-state index in [-0.39, 0.29) is 11.5 Å². The number of amides is 1. The summed E-state index contributed by atoms with van der Waals surface area (Å²) >= 11 is 0. The summed E-state index contributed by atoms with van der Waals surface area (Å²) in [6.07, 6.45) is 4.38. The summed E-state index contributed by atoms with van der Waals surface area (Å²) in [6, 6.07) is 0.982. The number of methoxy groups -OCH3 is 1. The van der Waals surface area contributed by atoms with Crippen molar-refractivity contribution in [2.45, 2.75) is 84.1 Å². The lowest BCUT2D eigenvalue weighted by Gasteiger charge is -2.52. The Bertz CT molecular complexity index is 417. The first-order chi connectivity index (χ1) is 10.6. The highest BCUT2D eigenvalue weighted by Gasteiger charge is 2.48. The highest BCUT2D eigenvalue weighted by Crippen LogP contribution is 2.42. The molecule has 2 fully saturated rings. The molecular weight excluding hydrogens is 292 g/mol. The van der Waals surface area contributed by atoms with Crippen LogP contribution < -0.4 is 5.32 Å². The van der Waals surface area contributed by atoms with Gasteiger partial charge in [0.15, 0.2) is 0 Å². The summed E-state index contributed by atoms with van der Waals surface area (Å²) < 4.78 is 11.0. The maximum atomic E-state index is 12.2. The molecule has 1 heterocycles. The van der Waals surface area contributed by atoms with Crippen LogP contribution in [0.1, 0.15) is 60.3 Å². The standard InChI is InChI=1S/C18H34N2O3/c1-17(2,3)23-16(21)20-10-7-8-13(9-11-20)19-14-12-15(22-6)18(14,4)5/h13-15,19H,7-12H2,1-6H3. The van der Waals surface area contributed by atoms with Crippen molar-refractivity contribution in [3.8, 4) is 0 Å². The summed E-state index contributed by atoms with van der Waals surface area (Å²) in [4.78, 5) is 14.1. The first-order valence-corrected chi connectivity index (χ1v) is 8.90. The normalized spacial score (nSPS) is 31.2. The van der Waals surface area contributed by atoms with Gasteiger partial charge in [-0.1, -0.05) is 13.8 Å². The Balaban J connectivity index is 1.82. The molecule has 1 aliphatic heterocycles. The molecule has 1 saturated heterocycles.